The van der Waals surface area contributed by atoms with E-state index < -0.39 is 0 Å². The van der Waals surface area contributed by atoms with Gasteiger partial charge in [0.05, 0.1) is 0 Å². The van der Waals surface area contributed by atoms with E-state index in [2.05, 4.69) is 48.1 Å². The number of hydrogen-bond acceptors (Lipinski definition) is 5. The molecule has 114 valence electrons. The third-order valence-electron chi connectivity index (χ3n) is 3.50. The minimum Gasteiger partial charge on any atom is -0.339 e. The quantitative estimate of drug-likeness (QED) is 0.885. The highest BCUT2D eigenvalue weighted by molar-refractivity contribution is 5.14. The molecule has 0 amide bonds. The third kappa shape index (κ3) is 4.63. The van der Waals surface area contributed by atoms with Gasteiger partial charge in [-0.3, -0.25) is 4.98 Å². The van der Waals surface area contributed by atoms with Gasteiger partial charge in [0.2, 0.25) is 5.89 Å². The third-order valence-corrected chi connectivity index (χ3v) is 3.50. The molecule has 0 aliphatic heterocycles. The Labute approximate surface area is 126 Å². The van der Waals surface area contributed by atoms with Gasteiger partial charge in [0.25, 0.3) is 0 Å². The molecule has 1 N–H and O–H groups in total. The zero-order chi connectivity index (χ0) is 15.3. The number of aromatic nitrogens is 3. The van der Waals surface area contributed by atoms with Crippen LogP contribution in [0.2, 0.25) is 0 Å². The molecule has 0 aliphatic carbocycles. The Balaban J connectivity index is 2.02. The maximum atomic E-state index is 5.39. The highest BCUT2D eigenvalue weighted by Gasteiger charge is 2.26. The minimum absolute atomic E-state index is 0.149. The molecule has 5 heteroatoms. The number of rotatable bonds is 6. The Morgan fingerprint density at radius 1 is 1.24 bits per heavy atom. The fraction of sp³-hybridized carbons (Fsp3) is 0.562. The van der Waals surface area contributed by atoms with Gasteiger partial charge in [-0.1, -0.05) is 32.9 Å². The second-order valence-electron chi connectivity index (χ2n) is 6.32. The van der Waals surface area contributed by atoms with Gasteiger partial charge in [0.1, 0.15) is 0 Å². The average molecular weight is 288 g/mol. The molecule has 1 atom stereocenters. The molecule has 2 aromatic heterocycles. The number of nitrogens with one attached hydrogen (secondary N) is 1. The molecule has 2 aromatic rings. The summed E-state index contributed by atoms with van der Waals surface area (Å²) in [7, 11) is 0. The molecule has 0 fully saturated rings. The minimum atomic E-state index is 0.149. The first kappa shape index (κ1) is 15.6. The molecule has 0 saturated carbocycles. The second kappa shape index (κ2) is 6.80. The summed E-state index contributed by atoms with van der Waals surface area (Å²) in [6, 6.07) is 4.25. The van der Waals surface area contributed by atoms with E-state index in [0.717, 1.165) is 24.4 Å². The SMILES string of the molecule is CCNC(Cc1nc(Cc2ccncc2)no1)C(C)(C)C. The molecule has 5 nitrogen and oxygen atoms in total. The van der Waals surface area contributed by atoms with E-state index in [-0.39, 0.29) is 5.41 Å². The first-order valence-corrected chi connectivity index (χ1v) is 7.42. The molecule has 2 rings (SSSR count). The maximum absolute atomic E-state index is 5.39. The predicted octanol–water partition coefficient (Wildman–Crippen LogP) is 2.62. The summed E-state index contributed by atoms with van der Waals surface area (Å²) in [4.78, 5) is 8.51. The van der Waals surface area contributed by atoms with Gasteiger partial charge >= 0.3 is 0 Å². The Morgan fingerprint density at radius 2 is 1.95 bits per heavy atom. The van der Waals surface area contributed by atoms with Crippen molar-refractivity contribution in [2.45, 2.75) is 46.6 Å². The van der Waals surface area contributed by atoms with Crippen molar-refractivity contribution in [2.24, 2.45) is 5.41 Å². The van der Waals surface area contributed by atoms with Crippen LogP contribution in [0.25, 0.3) is 0 Å². The van der Waals surface area contributed by atoms with Crippen LogP contribution < -0.4 is 5.32 Å². The van der Waals surface area contributed by atoms with Crippen LogP contribution in [-0.2, 0) is 12.8 Å². The summed E-state index contributed by atoms with van der Waals surface area (Å²) in [6.07, 6.45) is 4.97. The van der Waals surface area contributed by atoms with E-state index in [1.807, 2.05) is 12.1 Å². The van der Waals surface area contributed by atoms with Crippen molar-refractivity contribution in [3.8, 4) is 0 Å². The van der Waals surface area contributed by atoms with Crippen molar-refractivity contribution in [3.05, 3.63) is 41.8 Å². The number of likely N-dealkylation sites (N-methyl/N-ethyl adjacent to an activating group) is 1. The summed E-state index contributed by atoms with van der Waals surface area (Å²) in [5.41, 5.74) is 1.28. The highest BCUT2D eigenvalue weighted by Crippen LogP contribution is 2.22. The fourth-order valence-corrected chi connectivity index (χ4v) is 2.23. The Hall–Kier alpha value is -1.75. The molecule has 0 radical (unpaired) electrons. The number of hydrogen-bond donors (Lipinski definition) is 1. The van der Waals surface area contributed by atoms with Crippen molar-refractivity contribution in [1.82, 2.24) is 20.4 Å². The first-order chi connectivity index (χ1) is 9.99. The van der Waals surface area contributed by atoms with Crippen molar-refractivity contribution >= 4 is 0 Å². The highest BCUT2D eigenvalue weighted by atomic mass is 16.5. The summed E-state index contributed by atoms with van der Waals surface area (Å²) in [5.74, 6) is 1.42. The van der Waals surface area contributed by atoms with Crippen molar-refractivity contribution in [3.63, 3.8) is 0 Å². The summed E-state index contributed by atoms with van der Waals surface area (Å²) >= 11 is 0. The average Bonchev–Trinajstić information content (AvgIpc) is 2.86. The van der Waals surface area contributed by atoms with Gasteiger partial charge in [-0.2, -0.15) is 4.98 Å². The van der Waals surface area contributed by atoms with Crippen molar-refractivity contribution in [2.75, 3.05) is 6.54 Å². The van der Waals surface area contributed by atoms with Gasteiger partial charge in [0, 0.05) is 31.3 Å². The zero-order valence-corrected chi connectivity index (χ0v) is 13.3. The smallest absolute Gasteiger partial charge is 0.228 e. The summed E-state index contributed by atoms with van der Waals surface area (Å²) in [5, 5.41) is 7.57. The summed E-state index contributed by atoms with van der Waals surface area (Å²) in [6.45, 7) is 9.69. The number of pyridine rings is 1. The van der Waals surface area contributed by atoms with Crippen molar-refractivity contribution in [1.29, 1.82) is 0 Å². The maximum Gasteiger partial charge on any atom is 0.228 e. The normalized spacial score (nSPS) is 13.3. The molecule has 0 aromatic carbocycles. The van der Waals surface area contributed by atoms with E-state index in [4.69, 9.17) is 4.52 Å². The van der Waals surface area contributed by atoms with E-state index in [9.17, 15) is 0 Å². The molecule has 21 heavy (non-hydrogen) atoms. The van der Waals surface area contributed by atoms with Crippen LogP contribution >= 0.6 is 0 Å². The largest absolute Gasteiger partial charge is 0.339 e. The van der Waals surface area contributed by atoms with E-state index >= 15 is 0 Å². The van der Waals surface area contributed by atoms with Crippen LogP contribution in [0.1, 0.15) is 45.0 Å². The van der Waals surface area contributed by atoms with E-state index in [1.165, 1.54) is 0 Å². The van der Waals surface area contributed by atoms with Gasteiger partial charge in [-0.15, -0.1) is 0 Å². The Kier molecular flexibility index (Phi) is 5.07. The lowest BCUT2D eigenvalue weighted by atomic mass is 9.84. The van der Waals surface area contributed by atoms with Crippen molar-refractivity contribution < 1.29 is 4.52 Å². The fourth-order valence-electron chi connectivity index (χ4n) is 2.23. The lowest BCUT2D eigenvalue weighted by molar-refractivity contribution is 0.247. The van der Waals surface area contributed by atoms with Crippen LogP contribution in [0.3, 0.4) is 0 Å². The monoisotopic (exact) mass is 288 g/mol. The lowest BCUT2D eigenvalue weighted by Gasteiger charge is -2.30. The van der Waals surface area contributed by atoms with Gasteiger partial charge in [-0.25, -0.2) is 0 Å². The van der Waals surface area contributed by atoms with E-state index in [0.29, 0.717) is 18.4 Å². The van der Waals surface area contributed by atoms with Crippen LogP contribution in [0.4, 0.5) is 0 Å². The molecule has 0 bridgehead atoms. The molecule has 2 heterocycles. The molecular formula is C16H24N4O. The van der Waals surface area contributed by atoms with Crippen LogP contribution in [0, 0.1) is 5.41 Å². The second-order valence-corrected chi connectivity index (χ2v) is 6.32. The first-order valence-electron chi connectivity index (χ1n) is 7.42. The van der Waals surface area contributed by atoms with Gasteiger partial charge < -0.3 is 9.84 Å². The van der Waals surface area contributed by atoms with Crippen LogP contribution in [-0.4, -0.2) is 27.7 Å². The topological polar surface area (TPSA) is 63.8 Å². The van der Waals surface area contributed by atoms with Crippen LogP contribution in [0.15, 0.2) is 29.0 Å². The standard InChI is InChI=1S/C16H24N4O/c1-5-18-13(16(2,3)4)11-15-19-14(20-21-15)10-12-6-8-17-9-7-12/h6-9,13,18H,5,10-11H2,1-4H3. The molecule has 1 unspecified atom stereocenters. The number of nitrogens with zero attached hydrogens (tertiary/aromatic N) is 3. The molecule has 0 saturated heterocycles. The predicted molar refractivity (Wildman–Crippen MR) is 82.0 cm³/mol. The van der Waals surface area contributed by atoms with Gasteiger partial charge in [0.15, 0.2) is 5.82 Å². The zero-order valence-electron chi connectivity index (χ0n) is 13.3. The van der Waals surface area contributed by atoms with E-state index in [1.54, 1.807) is 12.4 Å². The van der Waals surface area contributed by atoms with Gasteiger partial charge in [-0.05, 0) is 29.7 Å². The molecule has 0 aliphatic rings. The lowest BCUT2D eigenvalue weighted by Crippen LogP contribution is -2.41. The Morgan fingerprint density at radius 3 is 2.57 bits per heavy atom. The Bertz CT molecular complexity index is 545. The molecular weight excluding hydrogens is 264 g/mol. The van der Waals surface area contributed by atoms with Crippen LogP contribution in [0.5, 0.6) is 0 Å². The molecule has 0 spiro atoms. The summed E-state index contributed by atoms with van der Waals surface area (Å²) < 4.78 is 5.39.